The molecule has 31 heavy (non-hydrogen) atoms. The summed E-state index contributed by atoms with van der Waals surface area (Å²) in [4.78, 5) is 4.52. The number of rotatable bonds is 6. The van der Waals surface area contributed by atoms with Crippen LogP contribution in [-0.2, 0) is 10.0 Å². The van der Waals surface area contributed by atoms with E-state index in [0.29, 0.717) is 33.5 Å². The van der Waals surface area contributed by atoms with Crippen molar-refractivity contribution in [2.45, 2.75) is 18.7 Å². The van der Waals surface area contributed by atoms with E-state index in [0.717, 1.165) is 12.1 Å². The Morgan fingerprint density at radius 1 is 1.10 bits per heavy atom. The third-order valence-electron chi connectivity index (χ3n) is 4.42. The second kappa shape index (κ2) is 8.08. The van der Waals surface area contributed by atoms with Crippen molar-refractivity contribution in [3.8, 4) is 11.3 Å². The fourth-order valence-electron chi connectivity index (χ4n) is 3.05. The Kier molecular flexibility index (Phi) is 5.46. The van der Waals surface area contributed by atoms with E-state index in [2.05, 4.69) is 25.2 Å². The largest absolute Gasteiger partial charge is 0.329 e. The van der Waals surface area contributed by atoms with Gasteiger partial charge >= 0.3 is 0 Å². The molecule has 2 aromatic carbocycles. The predicted octanol–water partition coefficient (Wildman–Crippen LogP) is 4.97. The summed E-state index contributed by atoms with van der Waals surface area (Å²) in [6, 6.07) is 10.00. The molecular weight excluding hydrogens is 444 g/mol. The highest BCUT2D eigenvalue weighted by atomic mass is 32.2. The summed E-state index contributed by atoms with van der Waals surface area (Å²) in [5.74, 6) is -1.39. The Hall–Kier alpha value is -3.31. The first-order chi connectivity index (χ1) is 14.7. The first kappa shape index (κ1) is 20.9. The minimum Gasteiger partial charge on any atom is -0.329 e. The number of aryl methyl sites for hydroxylation is 2. The second-order valence-corrected chi connectivity index (χ2v) is 9.21. The standard InChI is InChI=1S/C20H17F2N5O2S2/c1-11-19(12(2)26-25-11)31(28,29)27-15-5-3-4-13(8-15)18-10-30-20(24-18)23-17-7-6-14(21)9-16(17)22/h3-10,27H,1-2H3,(H,23,24)(H,25,26). The smallest absolute Gasteiger partial charge is 0.265 e. The van der Waals surface area contributed by atoms with Gasteiger partial charge in [0.15, 0.2) is 5.13 Å². The number of anilines is 3. The summed E-state index contributed by atoms with van der Waals surface area (Å²) in [7, 11) is -3.82. The lowest BCUT2D eigenvalue weighted by Crippen LogP contribution is -2.14. The van der Waals surface area contributed by atoms with Crippen LogP contribution in [0.1, 0.15) is 11.4 Å². The van der Waals surface area contributed by atoms with Gasteiger partial charge in [-0.1, -0.05) is 12.1 Å². The summed E-state index contributed by atoms with van der Waals surface area (Å²) < 4.78 is 55.0. The van der Waals surface area contributed by atoms with Crippen LogP contribution in [0.15, 0.2) is 52.7 Å². The lowest BCUT2D eigenvalue weighted by molar-refractivity contribution is 0.586. The van der Waals surface area contributed by atoms with Gasteiger partial charge in [0.25, 0.3) is 10.0 Å². The number of thiazole rings is 1. The summed E-state index contributed by atoms with van der Waals surface area (Å²) in [6.45, 7) is 3.25. The van der Waals surface area contributed by atoms with Crippen LogP contribution in [0.3, 0.4) is 0 Å². The lowest BCUT2D eigenvalue weighted by atomic mass is 10.1. The fraction of sp³-hybridized carbons (Fsp3) is 0.100. The van der Waals surface area contributed by atoms with E-state index in [9.17, 15) is 17.2 Å². The zero-order valence-corrected chi connectivity index (χ0v) is 18.0. The van der Waals surface area contributed by atoms with E-state index in [1.54, 1.807) is 43.5 Å². The highest BCUT2D eigenvalue weighted by molar-refractivity contribution is 7.92. The Morgan fingerprint density at radius 2 is 1.90 bits per heavy atom. The molecule has 0 spiro atoms. The van der Waals surface area contributed by atoms with Gasteiger partial charge < -0.3 is 5.32 Å². The SMILES string of the molecule is Cc1n[nH]c(C)c1S(=O)(=O)Nc1cccc(-c2csc(Nc3ccc(F)cc3F)n2)c1. The molecule has 0 saturated heterocycles. The maximum Gasteiger partial charge on any atom is 0.265 e. The van der Waals surface area contributed by atoms with Crippen molar-refractivity contribution in [1.82, 2.24) is 15.2 Å². The number of sulfonamides is 1. The highest BCUT2D eigenvalue weighted by Gasteiger charge is 2.22. The third-order valence-corrected chi connectivity index (χ3v) is 6.82. The summed E-state index contributed by atoms with van der Waals surface area (Å²) in [5.41, 5.74) is 2.55. The van der Waals surface area contributed by atoms with E-state index in [4.69, 9.17) is 0 Å². The zero-order chi connectivity index (χ0) is 22.2. The molecule has 11 heteroatoms. The molecule has 0 radical (unpaired) electrons. The molecule has 0 amide bonds. The molecule has 4 aromatic rings. The van der Waals surface area contributed by atoms with Crippen molar-refractivity contribution < 1.29 is 17.2 Å². The Labute approximate surface area is 181 Å². The molecule has 0 aliphatic rings. The van der Waals surface area contributed by atoms with Gasteiger partial charge in [-0.2, -0.15) is 5.10 Å². The van der Waals surface area contributed by atoms with Crippen LogP contribution >= 0.6 is 11.3 Å². The van der Waals surface area contributed by atoms with E-state index in [1.165, 1.54) is 17.4 Å². The number of H-pyrrole nitrogens is 1. The first-order valence-electron chi connectivity index (χ1n) is 9.05. The molecule has 0 atom stereocenters. The number of aromatic nitrogens is 3. The number of benzene rings is 2. The van der Waals surface area contributed by atoms with Crippen LogP contribution in [0.4, 0.5) is 25.3 Å². The summed E-state index contributed by atoms with van der Waals surface area (Å²) >= 11 is 1.24. The van der Waals surface area contributed by atoms with Crippen LogP contribution in [0.5, 0.6) is 0 Å². The molecular formula is C20H17F2N5O2S2. The zero-order valence-electron chi connectivity index (χ0n) is 16.4. The summed E-state index contributed by atoms with van der Waals surface area (Å²) in [5, 5.41) is 11.6. The van der Waals surface area contributed by atoms with Gasteiger partial charge in [-0.15, -0.1) is 11.3 Å². The molecule has 0 fully saturated rings. The van der Waals surface area contributed by atoms with Gasteiger partial charge in [0.2, 0.25) is 0 Å². The molecule has 0 bridgehead atoms. The van der Waals surface area contributed by atoms with Crippen molar-refractivity contribution in [3.05, 3.63) is 70.9 Å². The fourth-order valence-corrected chi connectivity index (χ4v) is 5.21. The number of nitrogens with one attached hydrogen (secondary N) is 3. The molecule has 0 unspecified atom stereocenters. The van der Waals surface area contributed by atoms with E-state index in [1.807, 2.05) is 0 Å². The Morgan fingerprint density at radius 3 is 2.61 bits per heavy atom. The predicted molar refractivity (Wildman–Crippen MR) is 116 cm³/mol. The highest BCUT2D eigenvalue weighted by Crippen LogP contribution is 2.30. The molecule has 160 valence electrons. The average Bonchev–Trinajstić information content (AvgIpc) is 3.30. The van der Waals surface area contributed by atoms with Crippen LogP contribution in [-0.4, -0.2) is 23.6 Å². The van der Waals surface area contributed by atoms with Crippen LogP contribution < -0.4 is 10.0 Å². The van der Waals surface area contributed by atoms with Gasteiger partial charge in [0.1, 0.15) is 16.5 Å². The quantitative estimate of drug-likeness (QED) is 0.376. The van der Waals surface area contributed by atoms with Crippen LogP contribution in [0, 0.1) is 25.5 Å². The van der Waals surface area contributed by atoms with Gasteiger partial charge in [0, 0.05) is 22.7 Å². The summed E-state index contributed by atoms with van der Waals surface area (Å²) in [6.07, 6.45) is 0. The average molecular weight is 462 g/mol. The number of halogens is 2. The molecule has 4 rings (SSSR count). The minimum absolute atomic E-state index is 0.106. The second-order valence-electron chi connectivity index (χ2n) is 6.74. The third kappa shape index (κ3) is 4.42. The maximum atomic E-state index is 13.9. The number of nitrogens with zero attached hydrogens (tertiary/aromatic N) is 2. The number of aromatic amines is 1. The molecule has 0 saturated carbocycles. The van der Waals surface area contributed by atoms with Crippen molar-refractivity contribution in [1.29, 1.82) is 0 Å². The van der Waals surface area contributed by atoms with Crippen LogP contribution in [0.2, 0.25) is 0 Å². The van der Waals surface area contributed by atoms with Gasteiger partial charge in [-0.05, 0) is 38.1 Å². The van der Waals surface area contributed by atoms with Gasteiger partial charge in [-0.3, -0.25) is 9.82 Å². The monoisotopic (exact) mass is 461 g/mol. The van der Waals surface area contributed by atoms with Crippen molar-refractivity contribution in [3.63, 3.8) is 0 Å². The minimum atomic E-state index is -3.82. The van der Waals surface area contributed by atoms with Gasteiger partial charge in [0.05, 0.1) is 22.8 Å². The van der Waals surface area contributed by atoms with E-state index in [-0.39, 0.29) is 10.6 Å². The topological polar surface area (TPSA) is 99.8 Å². The molecule has 0 aliphatic heterocycles. The molecule has 2 aromatic heterocycles. The number of hydrogen-bond acceptors (Lipinski definition) is 6. The normalized spacial score (nSPS) is 11.5. The molecule has 7 nitrogen and oxygen atoms in total. The van der Waals surface area contributed by atoms with Gasteiger partial charge in [-0.25, -0.2) is 22.2 Å². The Bertz CT molecular complexity index is 1350. The van der Waals surface area contributed by atoms with Crippen molar-refractivity contribution >= 4 is 37.9 Å². The lowest BCUT2D eigenvalue weighted by Gasteiger charge is -2.09. The number of hydrogen-bond donors (Lipinski definition) is 3. The van der Waals surface area contributed by atoms with E-state index >= 15 is 0 Å². The Balaban J connectivity index is 1.56. The maximum absolute atomic E-state index is 13.9. The molecule has 0 aliphatic carbocycles. The molecule has 3 N–H and O–H groups in total. The first-order valence-corrected chi connectivity index (χ1v) is 11.4. The van der Waals surface area contributed by atoms with Crippen LogP contribution in [0.25, 0.3) is 11.3 Å². The van der Waals surface area contributed by atoms with E-state index < -0.39 is 21.7 Å². The molecule has 2 heterocycles. The van der Waals surface area contributed by atoms with Crippen molar-refractivity contribution in [2.24, 2.45) is 0 Å². The van der Waals surface area contributed by atoms with Crippen molar-refractivity contribution in [2.75, 3.05) is 10.0 Å².